The van der Waals surface area contributed by atoms with Crippen LogP contribution in [0.1, 0.15) is 12.8 Å². The molecule has 0 aromatic rings. The van der Waals surface area contributed by atoms with E-state index in [-0.39, 0.29) is 6.54 Å². The summed E-state index contributed by atoms with van der Waals surface area (Å²) in [6.45, 7) is -0.517. The van der Waals surface area contributed by atoms with Crippen molar-refractivity contribution in [2.75, 3.05) is 13.2 Å². The van der Waals surface area contributed by atoms with Gasteiger partial charge in [-0.3, -0.25) is 4.79 Å². The summed E-state index contributed by atoms with van der Waals surface area (Å²) in [7, 11) is 0. The van der Waals surface area contributed by atoms with Gasteiger partial charge < -0.3 is 25.4 Å². The van der Waals surface area contributed by atoms with E-state index in [2.05, 4.69) is 5.32 Å². The predicted molar refractivity (Wildman–Crippen MR) is 51.6 cm³/mol. The van der Waals surface area contributed by atoms with Crippen LogP contribution in [0, 0.1) is 0 Å². The van der Waals surface area contributed by atoms with E-state index in [0.717, 1.165) is 0 Å². The third-order valence-corrected chi connectivity index (χ3v) is 2.31. The van der Waals surface area contributed by atoms with Crippen LogP contribution >= 0.6 is 0 Å². The Kier molecular flexibility index (Phi) is 4.66. The Morgan fingerprint density at radius 1 is 1.38 bits per heavy atom. The van der Waals surface area contributed by atoms with E-state index >= 15 is 0 Å². The predicted octanol–water partition coefficient (Wildman–Crippen LogP) is -1.91. The van der Waals surface area contributed by atoms with Crippen molar-refractivity contribution >= 4 is 11.9 Å². The van der Waals surface area contributed by atoms with E-state index in [1.54, 1.807) is 0 Å². The number of ether oxygens (including phenoxy) is 1. The normalized spacial score (nSPS) is 26.4. The molecule has 1 aliphatic rings. The lowest BCUT2D eigenvalue weighted by Crippen LogP contribution is -2.40. The number of rotatable bonds is 5. The number of carboxylic acid groups (broad SMARTS) is 1. The molecule has 1 fully saturated rings. The highest BCUT2D eigenvalue weighted by atomic mass is 16.5. The van der Waals surface area contributed by atoms with Crippen molar-refractivity contribution < 1.29 is 29.6 Å². The molecular formula is C9H15NO6. The van der Waals surface area contributed by atoms with Gasteiger partial charge in [0, 0.05) is 6.54 Å². The molecule has 1 unspecified atom stereocenters. The zero-order valence-corrected chi connectivity index (χ0v) is 8.63. The van der Waals surface area contributed by atoms with E-state index < -0.39 is 36.8 Å². The molecule has 0 bridgehead atoms. The van der Waals surface area contributed by atoms with Gasteiger partial charge >= 0.3 is 5.97 Å². The third-order valence-electron chi connectivity index (χ3n) is 2.31. The average Bonchev–Trinajstić information content (AvgIpc) is 2.74. The molecule has 1 aliphatic heterocycles. The quantitative estimate of drug-likeness (QED) is 0.440. The number of aliphatic carboxylic acids is 1. The van der Waals surface area contributed by atoms with Crippen LogP contribution in [-0.4, -0.2) is 58.7 Å². The van der Waals surface area contributed by atoms with Crippen molar-refractivity contribution in [2.45, 2.75) is 31.2 Å². The zero-order chi connectivity index (χ0) is 12.1. The topological polar surface area (TPSA) is 116 Å². The monoisotopic (exact) mass is 233 g/mol. The summed E-state index contributed by atoms with van der Waals surface area (Å²) in [5.74, 6) is -1.54. The lowest BCUT2D eigenvalue weighted by molar-refractivity contribution is -0.151. The second-order valence-corrected chi connectivity index (χ2v) is 3.61. The minimum Gasteiger partial charge on any atom is -0.479 e. The molecule has 7 heteroatoms. The summed E-state index contributed by atoms with van der Waals surface area (Å²) in [6.07, 6.45) is -2.08. The van der Waals surface area contributed by atoms with Crippen LogP contribution in [0.3, 0.4) is 0 Å². The molecule has 1 saturated heterocycles. The van der Waals surface area contributed by atoms with Crippen LogP contribution < -0.4 is 5.32 Å². The zero-order valence-electron chi connectivity index (χ0n) is 8.63. The number of hydrogen-bond acceptors (Lipinski definition) is 5. The molecule has 0 saturated carbocycles. The number of carbonyl (C=O) groups excluding carboxylic acids is 1. The van der Waals surface area contributed by atoms with Crippen molar-refractivity contribution in [3.05, 3.63) is 0 Å². The molecule has 0 aromatic carbocycles. The van der Waals surface area contributed by atoms with Crippen LogP contribution in [0.25, 0.3) is 0 Å². The van der Waals surface area contributed by atoms with Gasteiger partial charge in [0.2, 0.25) is 5.91 Å². The number of carbonyl (C=O) groups is 2. The number of amides is 1. The Morgan fingerprint density at radius 2 is 2.00 bits per heavy atom. The number of carboxylic acids is 1. The first-order valence-electron chi connectivity index (χ1n) is 4.99. The maximum Gasteiger partial charge on any atom is 0.332 e. The first-order valence-corrected chi connectivity index (χ1v) is 4.99. The van der Waals surface area contributed by atoms with Crippen molar-refractivity contribution in [1.29, 1.82) is 0 Å². The molecule has 3 atom stereocenters. The molecular weight excluding hydrogens is 218 g/mol. The number of hydrogen-bond donors (Lipinski definition) is 4. The lowest BCUT2D eigenvalue weighted by atomic mass is 10.2. The summed E-state index contributed by atoms with van der Waals surface area (Å²) in [5.41, 5.74) is 0. The summed E-state index contributed by atoms with van der Waals surface area (Å²) >= 11 is 0. The van der Waals surface area contributed by atoms with Crippen molar-refractivity contribution in [3.8, 4) is 0 Å². The number of aliphatic hydroxyl groups is 2. The van der Waals surface area contributed by atoms with Crippen LogP contribution in [0.15, 0.2) is 0 Å². The van der Waals surface area contributed by atoms with Gasteiger partial charge in [0.05, 0.1) is 12.7 Å². The Hall–Kier alpha value is -1.18. The Labute approximate surface area is 92.0 Å². The highest BCUT2D eigenvalue weighted by Gasteiger charge is 2.34. The first kappa shape index (κ1) is 12.9. The molecule has 1 rings (SSSR count). The summed E-state index contributed by atoms with van der Waals surface area (Å²) < 4.78 is 4.99. The molecule has 1 amide bonds. The second kappa shape index (κ2) is 5.78. The fraction of sp³-hybridized carbons (Fsp3) is 0.778. The fourth-order valence-corrected chi connectivity index (χ4v) is 1.41. The molecule has 7 nitrogen and oxygen atoms in total. The van der Waals surface area contributed by atoms with E-state index in [9.17, 15) is 9.59 Å². The molecule has 4 N–H and O–H groups in total. The summed E-state index contributed by atoms with van der Waals surface area (Å²) in [5, 5.41) is 28.5. The highest BCUT2D eigenvalue weighted by Crippen LogP contribution is 2.19. The number of aliphatic hydroxyl groups excluding tert-OH is 2. The lowest BCUT2D eigenvalue weighted by Gasteiger charge is -2.13. The van der Waals surface area contributed by atoms with Crippen LogP contribution in [-0.2, 0) is 14.3 Å². The van der Waals surface area contributed by atoms with Gasteiger partial charge in [0.25, 0.3) is 0 Å². The van der Waals surface area contributed by atoms with Crippen LogP contribution in [0.4, 0.5) is 0 Å². The Bertz CT molecular complexity index is 269. The van der Waals surface area contributed by atoms with Crippen LogP contribution in [0.5, 0.6) is 0 Å². The SMILES string of the molecule is O=C(NCC(O)CO)[C@@H]1CC[C@H](C(=O)O)O1. The average molecular weight is 233 g/mol. The van der Waals surface area contributed by atoms with Gasteiger partial charge in [0.15, 0.2) is 6.10 Å². The molecule has 0 aromatic heterocycles. The standard InChI is InChI=1S/C9H15NO6/c11-4-5(12)3-10-8(13)6-1-2-7(16-6)9(14)15/h5-7,11-12H,1-4H2,(H,10,13)(H,14,15)/t5?,6-,7+/m0/s1. The van der Waals surface area contributed by atoms with Gasteiger partial charge in [-0.1, -0.05) is 0 Å². The molecule has 16 heavy (non-hydrogen) atoms. The van der Waals surface area contributed by atoms with E-state index in [1.165, 1.54) is 0 Å². The molecule has 92 valence electrons. The first-order chi connectivity index (χ1) is 7.54. The number of nitrogens with one attached hydrogen (secondary N) is 1. The smallest absolute Gasteiger partial charge is 0.332 e. The van der Waals surface area contributed by atoms with Gasteiger partial charge in [-0.2, -0.15) is 0 Å². The van der Waals surface area contributed by atoms with Gasteiger partial charge in [-0.15, -0.1) is 0 Å². The highest BCUT2D eigenvalue weighted by molar-refractivity contribution is 5.82. The van der Waals surface area contributed by atoms with E-state index in [0.29, 0.717) is 12.8 Å². The largest absolute Gasteiger partial charge is 0.479 e. The summed E-state index contributed by atoms with van der Waals surface area (Å²) in [6, 6.07) is 0. The summed E-state index contributed by atoms with van der Waals surface area (Å²) in [4.78, 5) is 22.0. The minimum absolute atomic E-state index is 0.0765. The van der Waals surface area contributed by atoms with Crippen molar-refractivity contribution in [1.82, 2.24) is 5.32 Å². The molecule has 0 spiro atoms. The maximum atomic E-state index is 11.4. The third kappa shape index (κ3) is 3.44. The van der Waals surface area contributed by atoms with Crippen molar-refractivity contribution in [3.63, 3.8) is 0 Å². The van der Waals surface area contributed by atoms with Crippen molar-refractivity contribution in [2.24, 2.45) is 0 Å². The Morgan fingerprint density at radius 3 is 2.50 bits per heavy atom. The van der Waals surface area contributed by atoms with E-state index in [4.69, 9.17) is 20.1 Å². The van der Waals surface area contributed by atoms with E-state index in [1.807, 2.05) is 0 Å². The maximum absolute atomic E-state index is 11.4. The molecule has 0 radical (unpaired) electrons. The second-order valence-electron chi connectivity index (χ2n) is 3.61. The van der Waals surface area contributed by atoms with Gasteiger partial charge in [-0.25, -0.2) is 4.79 Å². The molecule has 0 aliphatic carbocycles. The molecule has 1 heterocycles. The van der Waals surface area contributed by atoms with Gasteiger partial charge in [0.1, 0.15) is 6.10 Å². The van der Waals surface area contributed by atoms with Gasteiger partial charge in [-0.05, 0) is 12.8 Å². The fourth-order valence-electron chi connectivity index (χ4n) is 1.41. The van der Waals surface area contributed by atoms with Crippen LogP contribution in [0.2, 0.25) is 0 Å². The Balaban J connectivity index is 2.31. The minimum atomic E-state index is -1.08.